The number of nitrogens with zero attached hydrogens (tertiary/aromatic N) is 15. The fourth-order valence-electron chi connectivity index (χ4n) is 27.8. The molecule has 20 aliphatic rings. The van der Waals surface area contributed by atoms with Crippen LogP contribution in [0.2, 0.25) is 0 Å². The van der Waals surface area contributed by atoms with E-state index in [1.165, 1.54) is 6.26 Å². The highest BCUT2D eigenvalue weighted by molar-refractivity contribution is 7.93. The van der Waals surface area contributed by atoms with E-state index in [0.717, 1.165) is 257 Å². The van der Waals surface area contributed by atoms with Crippen molar-refractivity contribution in [3.8, 4) is 30.3 Å². The molecule has 0 aromatic heterocycles. The van der Waals surface area contributed by atoms with E-state index in [1.807, 2.05) is 35.2 Å². The van der Waals surface area contributed by atoms with E-state index in [0.29, 0.717) is 159 Å². The van der Waals surface area contributed by atoms with Gasteiger partial charge < -0.3 is 51.1 Å². The number of hydrogen-bond donors (Lipinski definition) is 5. The molecule has 20 rings (SSSR count). The average Bonchev–Trinajstić information content (AvgIpc) is 1.62. The van der Waals surface area contributed by atoms with Gasteiger partial charge in [0.2, 0.25) is 59.1 Å². The minimum Gasteiger partial charge on any atom is -0.339 e. The van der Waals surface area contributed by atoms with Gasteiger partial charge in [-0.25, -0.2) is 0 Å². The van der Waals surface area contributed by atoms with Crippen molar-refractivity contribution >= 4 is 100 Å². The van der Waals surface area contributed by atoms with Gasteiger partial charge in [0.05, 0.1) is 30.3 Å². The van der Waals surface area contributed by atoms with Crippen LogP contribution < -0.4 is 26.6 Å². The van der Waals surface area contributed by atoms with Gasteiger partial charge in [-0.3, -0.25) is 96.4 Å². The predicted octanol–water partition coefficient (Wildman–Crippen LogP) is 9.33. The Morgan fingerprint density at radius 3 is 0.541 bits per heavy atom. The highest BCUT2D eigenvalue weighted by Gasteiger charge is 2.61. The minimum absolute atomic E-state index is 0.0813. The molecular formula is C111H163FN20O15S. The Bertz CT molecular complexity index is 4390. The first kappa shape index (κ1) is 113. The fourth-order valence-corrected chi connectivity index (χ4v) is 27.8. The number of likely N-dealkylation sites (tertiary alicyclic amines) is 10. The lowest BCUT2D eigenvalue weighted by Gasteiger charge is -2.33. The first-order valence-electron chi connectivity index (χ1n) is 56.5. The van der Waals surface area contributed by atoms with Crippen LogP contribution in [0.5, 0.6) is 0 Å². The van der Waals surface area contributed by atoms with Gasteiger partial charge in [-0.05, 0) is 322 Å². The first-order valence-corrected chi connectivity index (χ1v) is 57.7. The molecule has 10 aliphatic carbocycles. The fraction of sp³-hybridized carbons (Fsp3) is 0.820. The van der Waals surface area contributed by atoms with Crippen LogP contribution in [-0.2, 0) is 71.9 Å². The predicted molar refractivity (Wildman–Crippen MR) is 547 cm³/mol. The molecule has 10 saturated carbocycles. The van der Waals surface area contributed by atoms with Crippen LogP contribution in [0.15, 0.2) is 0 Å². The number of nitriles is 5. The van der Waals surface area contributed by atoms with E-state index in [2.05, 4.69) is 81.4 Å². The maximum absolute atomic E-state index is 13.4. The minimum atomic E-state index is -0.669. The summed E-state index contributed by atoms with van der Waals surface area (Å²) >= 11 is 0.250. The summed E-state index contributed by atoms with van der Waals surface area (Å²) < 4.78 is 10.2. The van der Waals surface area contributed by atoms with Crippen LogP contribution in [0.4, 0.5) is 3.89 Å². The smallest absolute Gasteiger partial charge is 0.243 e. The van der Waals surface area contributed by atoms with Crippen LogP contribution in [0.25, 0.3) is 0 Å². The molecule has 10 heterocycles. The summed E-state index contributed by atoms with van der Waals surface area (Å²) in [5.41, 5.74) is -2.19. The number of amides is 10. The molecule has 810 valence electrons. The summed E-state index contributed by atoms with van der Waals surface area (Å²) in [6.07, 6.45) is 42.3. The average molecular weight is 2070 g/mol. The van der Waals surface area contributed by atoms with Gasteiger partial charge in [0.15, 0.2) is 0 Å². The Kier molecular flexibility index (Phi) is 38.1. The molecule has 5 N–H and O–H groups in total. The molecule has 20 fully saturated rings. The van der Waals surface area contributed by atoms with Gasteiger partial charge in [0.1, 0.15) is 117 Å². The van der Waals surface area contributed by atoms with Crippen LogP contribution in [0.3, 0.4) is 0 Å². The molecule has 148 heavy (non-hydrogen) atoms. The Morgan fingerprint density at radius 2 is 0.426 bits per heavy atom. The van der Waals surface area contributed by atoms with E-state index in [1.54, 1.807) is 24.5 Å². The quantitative estimate of drug-likeness (QED) is 0.0394. The number of carbonyl (C=O) groups excluding carboxylic acids is 15. The zero-order valence-electron chi connectivity index (χ0n) is 88.6. The van der Waals surface area contributed by atoms with Crippen molar-refractivity contribution in [2.45, 2.75) is 409 Å². The van der Waals surface area contributed by atoms with Gasteiger partial charge in [-0.1, -0.05) is 64.2 Å². The summed E-state index contributed by atoms with van der Waals surface area (Å²) in [5.74, 6) is 2.18. The Morgan fingerprint density at radius 1 is 0.270 bits per heavy atom. The molecule has 5 spiro atoms. The number of ketones is 5. The van der Waals surface area contributed by atoms with Gasteiger partial charge in [-0.2, -0.15) is 30.2 Å². The number of likely N-dealkylation sites (N-methyl/N-ethyl adjacent to an activating group) is 5. The SMILES string of the molecule is CN1CCCC12CCN(C(CC1CC1)C(=O)N[C@H](C#N)C[C@@H]1CCCC1=O)C2=O.CN1CCC[C@@]12CCN([C@@H](CC1CC1)C(=O)N[C@H](C#N)C[C@@H]1CCCC1=O)C2=O.CN1CCC[C@@]12CCN([C@H](CC1CC1)C(=O)N[C@H](C#N)C[C@@H]1CCCC1=O)C2=O.CN1CCC[C@]12CCN([C@@H](CC1CC1)C(=O)N[C@H](C#N)C[C@@H]1CCCC1=O)C2=O.CN1CCC[C@]12CCN([C@H](CC1CC1)C(=O)N[C@H](C#N)C[C@@H]1CCCC1=O)C2=O.CSF. The highest BCUT2D eigenvalue weighted by atomic mass is 32.2. The topological polar surface area (TPSA) is 468 Å². The molecule has 2 unspecified atom stereocenters. The summed E-state index contributed by atoms with van der Waals surface area (Å²) in [6.45, 7) is 7.63. The maximum atomic E-state index is 13.4. The number of nitrogens with one attached hydrogen (secondary N) is 5. The van der Waals surface area contributed by atoms with Gasteiger partial charge in [-0.15, -0.1) is 0 Å². The number of carbonyl (C=O) groups is 15. The lowest BCUT2D eigenvalue weighted by molar-refractivity contribution is -0.143. The molecule has 37 heteroatoms. The second-order valence-electron chi connectivity index (χ2n) is 47.6. The molecule has 10 saturated heterocycles. The van der Waals surface area contributed by atoms with Crippen LogP contribution in [0, 0.1) is 116 Å². The molecule has 10 aliphatic heterocycles. The summed E-state index contributed by atoms with van der Waals surface area (Å²) in [6, 6.07) is 4.98. The lowest BCUT2D eigenvalue weighted by Crippen LogP contribution is -2.55. The Balaban J connectivity index is 0.000000138. The van der Waals surface area contributed by atoms with E-state index >= 15 is 0 Å². The second-order valence-corrected chi connectivity index (χ2v) is 47.9. The first-order chi connectivity index (χ1) is 71.1. The van der Waals surface area contributed by atoms with Crippen molar-refractivity contribution in [1.82, 2.24) is 75.6 Å². The molecule has 0 aromatic carbocycles. The van der Waals surface area contributed by atoms with Crippen LogP contribution >= 0.6 is 12.1 Å². The van der Waals surface area contributed by atoms with Crippen molar-refractivity contribution in [1.29, 1.82) is 26.3 Å². The van der Waals surface area contributed by atoms with Crippen molar-refractivity contribution in [3.63, 3.8) is 0 Å². The van der Waals surface area contributed by atoms with E-state index < -0.39 is 88.1 Å². The number of rotatable bonds is 35. The Hall–Kier alpha value is -9.42. The standard InChI is InChI=1S/5C22H32N4O3.CH3FS/c5*1-25-10-3-8-22(25)9-11-26(21(22)29)18(12-15-6-7-15)20(28)24-17(14-23)13-16-4-2-5-19(16)27;1-3-2/h5*15-18H,2-13H2,1H3,(H,24,28);1H3/t16-,17-,18?,22?;16-,17-,18+,22+;16-,17-,18+,22-;16-,17-,18-,22+;16-,17-,18-,22-;/m00000./s1. The van der Waals surface area contributed by atoms with Gasteiger partial charge in [0, 0.05) is 113 Å². The van der Waals surface area contributed by atoms with Crippen LogP contribution in [-0.4, -0.2) is 332 Å². The van der Waals surface area contributed by atoms with E-state index in [-0.39, 0.29) is 130 Å². The molecule has 35 nitrogen and oxygen atoms in total. The molecule has 0 radical (unpaired) electrons. The molecule has 10 amide bonds. The van der Waals surface area contributed by atoms with E-state index in [4.69, 9.17) is 0 Å². The highest BCUT2D eigenvalue weighted by Crippen LogP contribution is 2.49. The monoisotopic (exact) mass is 2070 g/mol. The molecule has 0 bridgehead atoms. The zero-order chi connectivity index (χ0) is 106. The number of Topliss-reactive ketones (excluding diaryl/α,β-unsaturated/α-hetero) is 5. The normalized spacial score (nSPS) is 31.5. The number of halogens is 1. The summed E-state index contributed by atoms with van der Waals surface area (Å²) in [7, 11) is 10.0. The Labute approximate surface area is 878 Å². The van der Waals surface area contributed by atoms with Crippen LogP contribution in [0.1, 0.15) is 321 Å². The largest absolute Gasteiger partial charge is 0.339 e. The summed E-state index contributed by atoms with van der Waals surface area (Å²) in [4.78, 5) is 212. The lowest BCUT2D eigenvalue weighted by atomic mass is 9.94. The third kappa shape index (κ3) is 26.0. The number of hydrogen-bond acceptors (Lipinski definition) is 26. The van der Waals surface area contributed by atoms with Gasteiger partial charge >= 0.3 is 0 Å². The maximum Gasteiger partial charge on any atom is 0.243 e. The molecular weight excluding hydrogens is 1900 g/mol. The molecule has 0 aromatic rings. The van der Waals surface area contributed by atoms with E-state index in [9.17, 15) is 102 Å². The zero-order valence-corrected chi connectivity index (χ0v) is 89.4. The third-order valence-corrected chi connectivity index (χ3v) is 38.0. The van der Waals surface area contributed by atoms with Crippen molar-refractivity contribution in [2.24, 2.45) is 59.2 Å². The van der Waals surface area contributed by atoms with Crippen molar-refractivity contribution < 1.29 is 75.8 Å². The third-order valence-electron chi connectivity index (χ3n) is 38.0. The second kappa shape index (κ2) is 50.0. The van der Waals surface area contributed by atoms with Crippen molar-refractivity contribution in [3.05, 3.63) is 0 Å². The van der Waals surface area contributed by atoms with Gasteiger partial charge in [0.25, 0.3) is 0 Å². The van der Waals surface area contributed by atoms with Crippen molar-refractivity contribution in [2.75, 3.05) is 107 Å². The molecule has 20 atom stereocenters. The summed E-state index contributed by atoms with van der Waals surface area (Å²) in [5, 5.41) is 62.1.